The third-order valence-electron chi connectivity index (χ3n) is 2.21. The van der Waals surface area contributed by atoms with E-state index in [4.69, 9.17) is 9.47 Å². The lowest BCUT2D eigenvalue weighted by molar-refractivity contribution is -0.208. The molecule has 2 atom stereocenters. The van der Waals surface area contributed by atoms with Crippen molar-refractivity contribution < 1.29 is 32.9 Å². The Balaban J connectivity index is 2.71. The van der Waals surface area contributed by atoms with Gasteiger partial charge in [-0.3, -0.25) is 0 Å². The maximum atomic E-state index is 13.3. The molecule has 1 N–H and O–H groups in total. The maximum Gasteiger partial charge on any atom is 0.379 e. The van der Waals surface area contributed by atoms with Crippen molar-refractivity contribution in [3.63, 3.8) is 0 Å². The van der Waals surface area contributed by atoms with E-state index in [1.807, 2.05) is 0 Å². The zero-order valence-electron chi connectivity index (χ0n) is 9.20. The van der Waals surface area contributed by atoms with Crippen LogP contribution in [0.25, 0.3) is 0 Å². The summed E-state index contributed by atoms with van der Waals surface area (Å²) < 4.78 is 40.5. The van der Waals surface area contributed by atoms with Crippen molar-refractivity contribution in [3.05, 3.63) is 0 Å². The maximum absolute atomic E-state index is 13.3. The zero-order chi connectivity index (χ0) is 12.6. The molecular weight excluding hydrogens is 226 g/mol. The minimum atomic E-state index is -4.01. The molecule has 0 radical (unpaired) electrons. The molecular formula is C9H14F2O5. The van der Waals surface area contributed by atoms with Gasteiger partial charge in [-0.2, -0.15) is 8.78 Å². The monoisotopic (exact) mass is 240 g/mol. The third-order valence-corrected chi connectivity index (χ3v) is 2.21. The van der Waals surface area contributed by atoms with Crippen molar-refractivity contribution in [2.45, 2.75) is 37.8 Å². The van der Waals surface area contributed by atoms with Gasteiger partial charge in [-0.05, 0) is 13.8 Å². The predicted octanol–water partition coefficient (Wildman–Crippen LogP) is 0.307. The van der Waals surface area contributed by atoms with Crippen molar-refractivity contribution >= 4 is 5.97 Å². The first-order chi connectivity index (χ1) is 7.20. The van der Waals surface area contributed by atoms with E-state index in [0.717, 1.165) is 7.11 Å². The molecule has 0 bridgehead atoms. The van der Waals surface area contributed by atoms with Crippen LogP contribution in [0.1, 0.15) is 13.8 Å². The van der Waals surface area contributed by atoms with Gasteiger partial charge in [0.2, 0.25) is 0 Å². The predicted molar refractivity (Wildman–Crippen MR) is 47.9 cm³/mol. The molecule has 5 nitrogen and oxygen atoms in total. The number of methoxy groups -OCH3 is 1. The summed E-state index contributed by atoms with van der Waals surface area (Å²) in [6.45, 7) is 2.84. The molecule has 1 rings (SSSR count). The molecule has 0 spiro atoms. The van der Waals surface area contributed by atoms with Crippen LogP contribution >= 0.6 is 0 Å². The van der Waals surface area contributed by atoms with Crippen LogP contribution in [-0.2, 0) is 19.0 Å². The van der Waals surface area contributed by atoms with E-state index in [1.54, 1.807) is 0 Å². The van der Waals surface area contributed by atoms with Crippen LogP contribution in [-0.4, -0.2) is 48.7 Å². The van der Waals surface area contributed by atoms with Gasteiger partial charge >= 0.3 is 11.9 Å². The Bertz CT molecular complexity index is 279. The van der Waals surface area contributed by atoms with Gasteiger partial charge in [-0.15, -0.1) is 0 Å². The molecule has 0 unspecified atom stereocenters. The molecule has 1 heterocycles. The van der Waals surface area contributed by atoms with Crippen LogP contribution in [0.15, 0.2) is 0 Å². The van der Waals surface area contributed by atoms with Crippen LogP contribution < -0.4 is 0 Å². The first-order valence-electron chi connectivity index (χ1n) is 4.67. The largest absolute Gasteiger partial charge is 0.465 e. The number of aliphatic hydroxyl groups is 1. The zero-order valence-corrected chi connectivity index (χ0v) is 9.20. The molecule has 7 heteroatoms. The molecule has 1 aliphatic rings. The number of carbonyl (C=O) groups is 1. The number of rotatable bonds is 3. The van der Waals surface area contributed by atoms with E-state index >= 15 is 0 Å². The highest BCUT2D eigenvalue weighted by Crippen LogP contribution is 2.31. The Kier molecular flexibility index (Phi) is 3.51. The Morgan fingerprint density at radius 1 is 1.62 bits per heavy atom. The summed E-state index contributed by atoms with van der Waals surface area (Å²) >= 11 is 0. The molecule has 94 valence electrons. The Labute approximate surface area is 91.3 Å². The highest BCUT2D eigenvalue weighted by molar-refractivity contribution is 5.78. The Morgan fingerprint density at radius 2 is 2.19 bits per heavy atom. The first-order valence-corrected chi connectivity index (χ1v) is 4.67. The van der Waals surface area contributed by atoms with Crippen molar-refractivity contribution in [1.82, 2.24) is 0 Å². The standard InChI is InChI=1S/C9H14F2O5/c1-8(2)15-4-5(16-8)6(12)9(10,11)7(13)14-3/h5-6,12H,4H2,1-3H3/t5-,6-/m1/s1. The van der Waals surface area contributed by atoms with Crippen LogP contribution in [0.4, 0.5) is 8.78 Å². The molecule has 0 aromatic carbocycles. The summed E-state index contributed by atoms with van der Waals surface area (Å²) in [5, 5.41) is 9.35. The topological polar surface area (TPSA) is 65.0 Å². The third kappa shape index (κ3) is 2.47. The van der Waals surface area contributed by atoms with E-state index in [0.29, 0.717) is 0 Å². The molecule has 0 aromatic rings. The van der Waals surface area contributed by atoms with Crippen LogP contribution in [0, 0.1) is 0 Å². The fourth-order valence-electron chi connectivity index (χ4n) is 1.36. The molecule has 0 aromatic heterocycles. The van der Waals surface area contributed by atoms with Crippen LogP contribution in [0.3, 0.4) is 0 Å². The lowest BCUT2D eigenvalue weighted by Crippen LogP contribution is -2.50. The van der Waals surface area contributed by atoms with Gasteiger partial charge in [0.25, 0.3) is 0 Å². The van der Waals surface area contributed by atoms with E-state index in [9.17, 15) is 18.7 Å². The van der Waals surface area contributed by atoms with Gasteiger partial charge in [0.05, 0.1) is 13.7 Å². The van der Waals surface area contributed by atoms with Gasteiger partial charge in [-0.25, -0.2) is 4.79 Å². The van der Waals surface area contributed by atoms with Crippen molar-refractivity contribution in [3.8, 4) is 0 Å². The summed E-state index contributed by atoms with van der Waals surface area (Å²) in [5.41, 5.74) is 0. The van der Waals surface area contributed by atoms with Crippen molar-refractivity contribution in [2.75, 3.05) is 13.7 Å². The first kappa shape index (κ1) is 13.3. The SMILES string of the molecule is COC(=O)C(F)(F)[C@H](O)[C@H]1COC(C)(C)O1. The lowest BCUT2D eigenvalue weighted by Gasteiger charge is -2.25. The highest BCUT2D eigenvalue weighted by Gasteiger charge is 2.54. The normalized spacial score (nSPS) is 26.5. The molecule has 0 saturated carbocycles. The van der Waals surface area contributed by atoms with E-state index in [2.05, 4.69) is 4.74 Å². The second-order valence-electron chi connectivity index (χ2n) is 3.93. The highest BCUT2D eigenvalue weighted by atomic mass is 19.3. The summed E-state index contributed by atoms with van der Waals surface area (Å²) in [7, 11) is 0.818. The molecule has 16 heavy (non-hydrogen) atoms. The summed E-state index contributed by atoms with van der Waals surface area (Å²) in [5.74, 6) is -6.85. The average molecular weight is 240 g/mol. The van der Waals surface area contributed by atoms with E-state index in [1.165, 1.54) is 13.8 Å². The van der Waals surface area contributed by atoms with Gasteiger partial charge in [0.15, 0.2) is 11.9 Å². The van der Waals surface area contributed by atoms with Gasteiger partial charge < -0.3 is 19.3 Å². The number of hydrogen-bond acceptors (Lipinski definition) is 5. The summed E-state index contributed by atoms with van der Waals surface area (Å²) in [4.78, 5) is 10.8. The van der Waals surface area contributed by atoms with Crippen LogP contribution in [0.2, 0.25) is 0 Å². The Morgan fingerprint density at radius 3 is 2.56 bits per heavy atom. The number of hydrogen-bond donors (Lipinski definition) is 1. The number of aliphatic hydroxyl groups excluding tert-OH is 1. The number of halogens is 2. The van der Waals surface area contributed by atoms with E-state index < -0.39 is 29.9 Å². The lowest BCUT2D eigenvalue weighted by atomic mass is 10.1. The quantitative estimate of drug-likeness (QED) is 0.719. The Hall–Kier alpha value is -0.790. The fraction of sp³-hybridized carbons (Fsp3) is 0.889. The number of esters is 1. The van der Waals surface area contributed by atoms with Crippen molar-refractivity contribution in [1.29, 1.82) is 0 Å². The van der Waals surface area contributed by atoms with Crippen molar-refractivity contribution in [2.24, 2.45) is 0 Å². The minimum Gasteiger partial charge on any atom is -0.465 e. The number of ether oxygens (including phenoxy) is 3. The molecule has 1 saturated heterocycles. The number of carbonyl (C=O) groups excluding carboxylic acids is 1. The van der Waals surface area contributed by atoms with Gasteiger partial charge in [0.1, 0.15) is 6.10 Å². The summed E-state index contributed by atoms with van der Waals surface area (Å²) in [6, 6.07) is 0. The molecule has 0 aliphatic carbocycles. The van der Waals surface area contributed by atoms with Crippen LogP contribution in [0.5, 0.6) is 0 Å². The van der Waals surface area contributed by atoms with Gasteiger partial charge in [-0.1, -0.05) is 0 Å². The smallest absolute Gasteiger partial charge is 0.379 e. The van der Waals surface area contributed by atoms with E-state index in [-0.39, 0.29) is 6.61 Å². The number of alkyl halides is 2. The fourth-order valence-corrected chi connectivity index (χ4v) is 1.36. The second kappa shape index (κ2) is 4.23. The molecule has 0 amide bonds. The van der Waals surface area contributed by atoms with Gasteiger partial charge in [0, 0.05) is 0 Å². The molecule has 1 aliphatic heterocycles. The average Bonchev–Trinajstić information content (AvgIpc) is 2.56. The second-order valence-corrected chi connectivity index (χ2v) is 3.93. The minimum absolute atomic E-state index is 0.208. The molecule has 1 fully saturated rings. The summed E-state index contributed by atoms with van der Waals surface area (Å²) in [6.07, 6.45) is -3.55.